The lowest BCUT2D eigenvalue weighted by molar-refractivity contribution is 0.0697. The molecule has 0 fully saturated rings. The Morgan fingerprint density at radius 3 is 2.55 bits per heavy atom. The number of rotatable bonds is 5. The van der Waals surface area contributed by atoms with Crippen LogP contribution in [0.4, 0.5) is 0 Å². The Bertz CT molecular complexity index is 658. The Morgan fingerprint density at radius 2 is 1.95 bits per heavy atom. The van der Waals surface area contributed by atoms with Crippen LogP contribution in [0.15, 0.2) is 47.4 Å². The van der Waals surface area contributed by atoms with Crippen LogP contribution in [-0.2, 0) is 6.54 Å². The summed E-state index contributed by atoms with van der Waals surface area (Å²) in [6.45, 7) is 2.65. The summed E-state index contributed by atoms with van der Waals surface area (Å²) in [6, 6.07) is 9.60. The standard InChI is InChI=1S/C15H15NO4/c1-11-6-7-16(14(17)10-11)8-9-20-13-4-2-12(3-5-13)15(18)19/h2-7,10H,8-9H2,1H3,(H,18,19). The quantitative estimate of drug-likeness (QED) is 0.903. The van der Waals surface area contributed by atoms with Crippen molar-refractivity contribution in [2.45, 2.75) is 13.5 Å². The molecule has 1 N–H and O–H groups in total. The number of ether oxygens (including phenoxy) is 1. The van der Waals surface area contributed by atoms with Crippen LogP contribution in [0.5, 0.6) is 5.75 Å². The number of hydrogen-bond acceptors (Lipinski definition) is 3. The lowest BCUT2D eigenvalue weighted by Gasteiger charge is -2.08. The number of carbonyl (C=O) groups is 1. The zero-order chi connectivity index (χ0) is 14.5. The summed E-state index contributed by atoms with van der Waals surface area (Å²) in [5.41, 5.74) is 1.08. The minimum Gasteiger partial charge on any atom is -0.492 e. The molecular weight excluding hydrogens is 258 g/mol. The molecule has 2 rings (SSSR count). The highest BCUT2D eigenvalue weighted by Crippen LogP contribution is 2.12. The van der Waals surface area contributed by atoms with E-state index in [1.807, 2.05) is 13.0 Å². The monoisotopic (exact) mass is 273 g/mol. The van der Waals surface area contributed by atoms with Crippen LogP contribution in [0.1, 0.15) is 15.9 Å². The third-order valence-electron chi connectivity index (χ3n) is 2.85. The molecule has 5 nitrogen and oxygen atoms in total. The van der Waals surface area contributed by atoms with E-state index in [0.717, 1.165) is 5.56 Å². The summed E-state index contributed by atoms with van der Waals surface area (Å²) in [5, 5.41) is 8.77. The van der Waals surface area contributed by atoms with E-state index in [0.29, 0.717) is 18.9 Å². The van der Waals surface area contributed by atoms with Gasteiger partial charge in [0.05, 0.1) is 12.1 Å². The minimum absolute atomic E-state index is 0.0603. The molecule has 2 aromatic rings. The van der Waals surface area contributed by atoms with Crippen LogP contribution < -0.4 is 10.3 Å². The average molecular weight is 273 g/mol. The van der Waals surface area contributed by atoms with Gasteiger partial charge in [-0.05, 0) is 42.8 Å². The number of carboxylic acids is 1. The number of carboxylic acid groups (broad SMARTS) is 1. The summed E-state index contributed by atoms with van der Waals surface area (Å²) in [6.07, 6.45) is 1.73. The molecule has 1 heterocycles. The lowest BCUT2D eigenvalue weighted by Crippen LogP contribution is -2.21. The summed E-state index contributed by atoms with van der Waals surface area (Å²) >= 11 is 0. The van der Waals surface area contributed by atoms with Crippen LogP contribution in [0.2, 0.25) is 0 Å². The Hall–Kier alpha value is -2.56. The van der Waals surface area contributed by atoms with Gasteiger partial charge in [0.2, 0.25) is 0 Å². The van der Waals surface area contributed by atoms with Crippen LogP contribution in [0.3, 0.4) is 0 Å². The number of aromatic carboxylic acids is 1. The zero-order valence-corrected chi connectivity index (χ0v) is 11.1. The maximum Gasteiger partial charge on any atom is 0.335 e. The molecule has 0 aliphatic carbocycles. The topological polar surface area (TPSA) is 68.5 Å². The molecule has 104 valence electrons. The Labute approximate surface area is 116 Å². The highest BCUT2D eigenvalue weighted by molar-refractivity contribution is 5.87. The van der Waals surface area contributed by atoms with Crippen LogP contribution in [0, 0.1) is 6.92 Å². The molecule has 0 bridgehead atoms. The number of nitrogens with zero attached hydrogens (tertiary/aromatic N) is 1. The Morgan fingerprint density at radius 1 is 1.25 bits per heavy atom. The van der Waals surface area contributed by atoms with Gasteiger partial charge in [0, 0.05) is 12.3 Å². The van der Waals surface area contributed by atoms with Gasteiger partial charge in [-0.3, -0.25) is 4.79 Å². The Kier molecular flexibility index (Phi) is 4.20. The number of aryl methyl sites for hydroxylation is 1. The first-order valence-electron chi connectivity index (χ1n) is 6.19. The second-order valence-corrected chi connectivity index (χ2v) is 4.41. The van der Waals surface area contributed by atoms with Crippen molar-refractivity contribution in [1.29, 1.82) is 0 Å². The number of hydrogen-bond donors (Lipinski definition) is 1. The van der Waals surface area contributed by atoms with Crippen LogP contribution >= 0.6 is 0 Å². The molecule has 0 atom stereocenters. The second-order valence-electron chi connectivity index (χ2n) is 4.41. The first-order chi connectivity index (χ1) is 9.56. The third kappa shape index (κ3) is 3.47. The number of aromatic nitrogens is 1. The van der Waals surface area contributed by atoms with Crippen LogP contribution in [-0.4, -0.2) is 22.2 Å². The van der Waals surface area contributed by atoms with E-state index >= 15 is 0 Å². The average Bonchev–Trinajstić information content (AvgIpc) is 2.42. The van der Waals surface area contributed by atoms with Gasteiger partial charge in [-0.25, -0.2) is 4.79 Å². The van der Waals surface area contributed by atoms with Gasteiger partial charge < -0.3 is 14.4 Å². The minimum atomic E-state index is -0.970. The molecule has 0 amide bonds. The molecule has 0 radical (unpaired) electrons. The van der Waals surface area contributed by atoms with Crippen molar-refractivity contribution in [3.05, 3.63) is 64.1 Å². The fourth-order valence-electron chi connectivity index (χ4n) is 1.75. The molecule has 0 saturated heterocycles. The maximum absolute atomic E-state index is 11.6. The second kappa shape index (κ2) is 6.06. The third-order valence-corrected chi connectivity index (χ3v) is 2.85. The highest BCUT2D eigenvalue weighted by Gasteiger charge is 2.02. The largest absolute Gasteiger partial charge is 0.492 e. The number of pyridine rings is 1. The first kappa shape index (κ1) is 13.9. The van der Waals surface area contributed by atoms with Crippen molar-refractivity contribution in [3.8, 4) is 5.75 Å². The Balaban J connectivity index is 1.92. The first-order valence-corrected chi connectivity index (χ1v) is 6.19. The van der Waals surface area contributed by atoms with E-state index in [9.17, 15) is 9.59 Å². The maximum atomic E-state index is 11.6. The molecular formula is C15H15NO4. The zero-order valence-electron chi connectivity index (χ0n) is 11.1. The molecule has 20 heavy (non-hydrogen) atoms. The number of benzene rings is 1. The van der Waals surface area contributed by atoms with E-state index < -0.39 is 5.97 Å². The highest BCUT2D eigenvalue weighted by atomic mass is 16.5. The van der Waals surface area contributed by atoms with Crippen molar-refractivity contribution >= 4 is 5.97 Å². The molecule has 1 aromatic heterocycles. The van der Waals surface area contributed by atoms with Gasteiger partial charge in [-0.1, -0.05) is 0 Å². The summed E-state index contributed by atoms with van der Waals surface area (Å²) < 4.78 is 7.05. The smallest absolute Gasteiger partial charge is 0.335 e. The van der Waals surface area contributed by atoms with Gasteiger partial charge >= 0.3 is 5.97 Å². The summed E-state index contributed by atoms with van der Waals surface area (Å²) in [7, 11) is 0. The van der Waals surface area contributed by atoms with Gasteiger partial charge in [-0.2, -0.15) is 0 Å². The van der Waals surface area contributed by atoms with Crippen LogP contribution in [0.25, 0.3) is 0 Å². The van der Waals surface area contributed by atoms with Gasteiger partial charge in [0.1, 0.15) is 12.4 Å². The van der Waals surface area contributed by atoms with E-state index in [1.54, 1.807) is 29.0 Å². The van der Waals surface area contributed by atoms with E-state index in [1.165, 1.54) is 12.1 Å². The van der Waals surface area contributed by atoms with Crippen molar-refractivity contribution in [1.82, 2.24) is 4.57 Å². The molecule has 5 heteroatoms. The lowest BCUT2D eigenvalue weighted by atomic mass is 10.2. The van der Waals surface area contributed by atoms with Gasteiger partial charge in [-0.15, -0.1) is 0 Å². The van der Waals surface area contributed by atoms with E-state index in [4.69, 9.17) is 9.84 Å². The molecule has 0 saturated carbocycles. The van der Waals surface area contributed by atoms with E-state index in [-0.39, 0.29) is 11.1 Å². The molecule has 0 unspecified atom stereocenters. The summed E-state index contributed by atoms with van der Waals surface area (Å²) in [4.78, 5) is 22.3. The summed E-state index contributed by atoms with van der Waals surface area (Å²) in [5.74, 6) is -0.391. The molecule has 0 aliphatic heterocycles. The predicted molar refractivity (Wildman–Crippen MR) is 74.3 cm³/mol. The SMILES string of the molecule is Cc1ccn(CCOc2ccc(C(=O)O)cc2)c(=O)c1. The normalized spacial score (nSPS) is 10.2. The van der Waals surface area contributed by atoms with Crippen molar-refractivity contribution in [2.75, 3.05) is 6.61 Å². The van der Waals surface area contributed by atoms with Gasteiger partial charge in [0.15, 0.2) is 0 Å². The molecule has 0 spiro atoms. The van der Waals surface area contributed by atoms with Crippen molar-refractivity contribution < 1.29 is 14.6 Å². The molecule has 0 aliphatic rings. The van der Waals surface area contributed by atoms with Crippen molar-refractivity contribution in [2.24, 2.45) is 0 Å². The van der Waals surface area contributed by atoms with Gasteiger partial charge in [0.25, 0.3) is 5.56 Å². The van der Waals surface area contributed by atoms with Crippen molar-refractivity contribution in [3.63, 3.8) is 0 Å². The molecule has 1 aromatic carbocycles. The predicted octanol–water partition coefficient (Wildman–Crippen LogP) is 1.93. The fourth-order valence-corrected chi connectivity index (χ4v) is 1.75. The van der Waals surface area contributed by atoms with E-state index in [2.05, 4.69) is 0 Å². The fraction of sp³-hybridized carbons (Fsp3) is 0.200.